The van der Waals surface area contributed by atoms with Crippen molar-refractivity contribution in [3.05, 3.63) is 62.8 Å². The van der Waals surface area contributed by atoms with Gasteiger partial charge in [-0.3, -0.25) is 0 Å². The molecule has 2 aromatic rings. The summed E-state index contributed by atoms with van der Waals surface area (Å²) < 4.78 is 19.3. The molecule has 0 fully saturated rings. The van der Waals surface area contributed by atoms with E-state index in [1.54, 1.807) is 30.3 Å². The molecular formula is C14H11BrClFO2. The summed E-state index contributed by atoms with van der Waals surface area (Å²) in [6, 6.07) is 9.75. The minimum Gasteiger partial charge on any atom is -0.488 e. The molecular weight excluding hydrogens is 335 g/mol. The molecule has 0 spiro atoms. The summed E-state index contributed by atoms with van der Waals surface area (Å²) in [4.78, 5) is 0. The van der Waals surface area contributed by atoms with Crippen molar-refractivity contribution in [2.75, 3.05) is 0 Å². The SMILES string of the molecule is OCc1cc(Cl)ccc1OCc1cccc(F)c1Br. The molecule has 0 atom stereocenters. The molecule has 0 aliphatic heterocycles. The summed E-state index contributed by atoms with van der Waals surface area (Å²) in [5.41, 5.74) is 1.29. The molecule has 2 nitrogen and oxygen atoms in total. The van der Waals surface area contributed by atoms with Crippen molar-refractivity contribution >= 4 is 27.5 Å². The van der Waals surface area contributed by atoms with Crippen molar-refractivity contribution in [2.45, 2.75) is 13.2 Å². The fraction of sp³-hybridized carbons (Fsp3) is 0.143. The van der Waals surface area contributed by atoms with Gasteiger partial charge >= 0.3 is 0 Å². The molecule has 0 unspecified atom stereocenters. The van der Waals surface area contributed by atoms with E-state index in [0.717, 1.165) is 0 Å². The van der Waals surface area contributed by atoms with E-state index in [1.807, 2.05) is 0 Å². The van der Waals surface area contributed by atoms with Crippen LogP contribution in [0.3, 0.4) is 0 Å². The summed E-state index contributed by atoms with van der Waals surface area (Å²) in [6.45, 7) is 0.0349. The van der Waals surface area contributed by atoms with Crippen LogP contribution in [-0.4, -0.2) is 5.11 Å². The van der Waals surface area contributed by atoms with E-state index in [1.165, 1.54) is 6.07 Å². The second-order valence-corrected chi connectivity index (χ2v) is 5.14. The highest BCUT2D eigenvalue weighted by Crippen LogP contribution is 2.26. The Morgan fingerprint density at radius 1 is 1.21 bits per heavy atom. The smallest absolute Gasteiger partial charge is 0.137 e. The summed E-state index contributed by atoms with van der Waals surface area (Å²) in [7, 11) is 0. The van der Waals surface area contributed by atoms with Gasteiger partial charge in [0.15, 0.2) is 0 Å². The number of hydrogen-bond donors (Lipinski definition) is 1. The molecule has 2 rings (SSSR count). The molecule has 0 bridgehead atoms. The van der Waals surface area contributed by atoms with E-state index in [0.29, 0.717) is 26.4 Å². The molecule has 5 heteroatoms. The minimum absolute atomic E-state index is 0.166. The number of ether oxygens (including phenoxy) is 1. The number of hydrogen-bond acceptors (Lipinski definition) is 2. The number of benzene rings is 2. The van der Waals surface area contributed by atoms with Gasteiger partial charge in [-0.1, -0.05) is 23.7 Å². The molecule has 0 amide bonds. The largest absolute Gasteiger partial charge is 0.488 e. The molecule has 0 aromatic heterocycles. The van der Waals surface area contributed by atoms with E-state index in [2.05, 4.69) is 15.9 Å². The Morgan fingerprint density at radius 3 is 2.74 bits per heavy atom. The van der Waals surface area contributed by atoms with Gasteiger partial charge in [0.25, 0.3) is 0 Å². The fourth-order valence-corrected chi connectivity index (χ4v) is 2.20. The lowest BCUT2D eigenvalue weighted by Crippen LogP contribution is -2.00. The molecule has 2 aromatic carbocycles. The first-order valence-corrected chi connectivity index (χ1v) is 6.74. The van der Waals surface area contributed by atoms with Gasteiger partial charge in [0.1, 0.15) is 18.2 Å². The molecule has 19 heavy (non-hydrogen) atoms. The molecule has 0 heterocycles. The van der Waals surface area contributed by atoms with Gasteiger partial charge < -0.3 is 9.84 Å². The molecule has 0 saturated carbocycles. The van der Waals surface area contributed by atoms with E-state index < -0.39 is 0 Å². The maximum absolute atomic E-state index is 13.3. The predicted octanol–water partition coefficient (Wildman–Crippen LogP) is 4.31. The second-order valence-electron chi connectivity index (χ2n) is 3.91. The van der Waals surface area contributed by atoms with E-state index in [9.17, 15) is 9.50 Å². The first kappa shape index (κ1) is 14.3. The van der Waals surface area contributed by atoms with Crippen LogP contribution in [0.1, 0.15) is 11.1 Å². The van der Waals surface area contributed by atoms with Crippen molar-refractivity contribution in [1.82, 2.24) is 0 Å². The Balaban J connectivity index is 2.17. The van der Waals surface area contributed by atoms with E-state index >= 15 is 0 Å². The fourth-order valence-electron chi connectivity index (χ4n) is 1.63. The molecule has 0 aliphatic carbocycles. The summed E-state index contributed by atoms with van der Waals surface area (Å²) in [5, 5.41) is 9.76. The Kier molecular flexibility index (Phi) is 4.80. The average Bonchev–Trinajstić information content (AvgIpc) is 2.41. The number of aliphatic hydroxyl groups is 1. The summed E-state index contributed by atoms with van der Waals surface area (Å²) in [6.07, 6.45) is 0. The van der Waals surface area contributed by atoms with Crippen LogP contribution in [0.2, 0.25) is 5.02 Å². The highest BCUT2D eigenvalue weighted by Gasteiger charge is 2.08. The zero-order chi connectivity index (χ0) is 13.8. The monoisotopic (exact) mass is 344 g/mol. The van der Waals surface area contributed by atoms with Gasteiger partial charge in [-0.25, -0.2) is 4.39 Å². The van der Waals surface area contributed by atoms with Gasteiger partial charge in [-0.2, -0.15) is 0 Å². The average molecular weight is 346 g/mol. The lowest BCUT2D eigenvalue weighted by atomic mass is 10.2. The van der Waals surface area contributed by atoms with Crippen LogP contribution < -0.4 is 4.74 Å². The molecule has 0 aliphatic rings. The van der Waals surface area contributed by atoms with Crippen LogP contribution in [0.25, 0.3) is 0 Å². The van der Waals surface area contributed by atoms with Crippen LogP contribution in [0.5, 0.6) is 5.75 Å². The Bertz CT molecular complexity index is 590. The Labute approximate surface area is 123 Å². The van der Waals surface area contributed by atoms with Crippen molar-refractivity contribution in [3.63, 3.8) is 0 Å². The third-order valence-electron chi connectivity index (χ3n) is 2.61. The topological polar surface area (TPSA) is 29.5 Å². The van der Waals surface area contributed by atoms with Crippen LogP contribution in [-0.2, 0) is 13.2 Å². The van der Waals surface area contributed by atoms with Gasteiger partial charge in [0.2, 0.25) is 0 Å². The Hall–Kier alpha value is -1.10. The van der Waals surface area contributed by atoms with E-state index in [-0.39, 0.29) is 19.0 Å². The quantitative estimate of drug-likeness (QED) is 0.894. The van der Waals surface area contributed by atoms with Gasteiger partial charge in [-0.15, -0.1) is 0 Å². The van der Waals surface area contributed by atoms with Crippen LogP contribution in [0, 0.1) is 5.82 Å². The standard InChI is InChI=1S/C14H11BrClFO2/c15-14-9(2-1-3-12(14)17)8-19-13-5-4-11(16)6-10(13)7-18/h1-6,18H,7-8H2. The summed E-state index contributed by atoms with van der Waals surface area (Å²) >= 11 is 9.01. The van der Waals surface area contributed by atoms with Crippen LogP contribution >= 0.6 is 27.5 Å². The highest BCUT2D eigenvalue weighted by atomic mass is 79.9. The van der Waals surface area contributed by atoms with Crippen molar-refractivity contribution in [1.29, 1.82) is 0 Å². The molecule has 100 valence electrons. The third kappa shape index (κ3) is 3.47. The third-order valence-corrected chi connectivity index (χ3v) is 3.73. The predicted molar refractivity (Wildman–Crippen MR) is 75.8 cm³/mol. The maximum Gasteiger partial charge on any atom is 0.137 e. The highest BCUT2D eigenvalue weighted by molar-refractivity contribution is 9.10. The van der Waals surface area contributed by atoms with Crippen molar-refractivity contribution in [2.24, 2.45) is 0 Å². The van der Waals surface area contributed by atoms with Gasteiger partial charge in [0, 0.05) is 16.1 Å². The normalized spacial score (nSPS) is 10.5. The lowest BCUT2D eigenvalue weighted by molar-refractivity contribution is 0.258. The van der Waals surface area contributed by atoms with Crippen molar-refractivity contribution < 1.29 is 14.2 Å². The van der Waals surface area contributed by atoms with Crippen LogP contribution in [0.4, 0.5) is 4.39 Å². The lowest BCUT2D eigenvalue weighted by Gasteiger charge is -2.11. The first-order chi connectivity index (χ1) is 9.11. The van der Waals surface area contributed by atoms with Gasteiger partial charge in [0.05, 0.1) is 11.1 Å². The summed E-state index contributed by atoms with van der Waals surface area (Å²) in [5.74, 6) is 0.197. The second kappa shape index (κ2) is 6.37. The van der Waals surface area contributed by atoms with E-state index in [4.69, 9.17) is 16.3 Å². The zero-order valence-electron chi connectivity index (χ0n) is 9.87. The van der Waals surface area contributed by atoms with Crippen molar-refractivity contribution in [3.8, 4) is 5.75 Å². The number of rotatable bonds is 4. The molecule has 1 N–H and O–H groups in total. The number of aliphatic hydroxyl groups excluding tert-OH is 1. The molecule has 0 saturated heterocycles. The number of halogens is 3. The van der Waals surface area contributed by atoms with Gasteiger partial charge in [-0.05, 0) is 40.2 Å². The minimum atomic E-state index is -0.334. The Morgan fingerprint density at radius 2 is 2.00 bits per heavy atom. The zero-order valence-corrected chi connectivity index (χ0v) is 12.2. The molecule has 0 radical (unpaired) electrons. The first-order valence-electron chi connectivity index (χ1n) is 5.57. The maximum atomic E-state index is 13.3. The van der Waals surface area contributed by atoms with Crippen LogP contribution in [0.15, 0.2) is 40.9 Å².